The highest BCUT2D eigenvalue weighted by Gasteiger charge is 2.07. The summed E-state index contributed by atoms with van der Waals surface area (Å²) in [4.78, 5) is 24.8. The standard InChI is InChI=1S/C10H13NO2/c1-7(2)6-9(12)8-4-3-5-10(13)11-8/h3-5,7H,6H2,1-2H3,(H,11,13). The number of carbonyl (C=O) groups is 1. The van der Waals surface area contributed by atoms with E-state index in [1.807, 2.05) is 13.8 Å². The Morgan fingerprint density at radius 1 is 1.46 bits per heavy atom. The molecule has 0 fully saturated rings. The highest BCUT2D eigenvalue weighted by atomic mass is 16.1. The Kier molecular flexibility index (Phi) is 3.01. The van der Waals surface area contributed by atoms with Crippen LogP contribution in [0.1, 0.15) is 30.8 Å². The Labute approximate surface area is 76.8 Å². The molecule has 0 aromatic carbocycles. The molecule has 0 atom stereocenters. The average Bonchev–Trinajstić information content (AvgIpc) is 2.03. The highest BCUT2D eigenvalue weighted by molar-refractivity contribution is 5.94. The van der Waals surface area contributed by atoms with E-state index in [1.165, 1.54) is 6.07 Å². The van der Waals surface area contributed by atoms with Gasteiger partial charge in [0.2, 0.25) is 5.56 Å². The fourth-order valence-electron chi connectivity index (χ4n) is 1.09. The summed E-state index contributed by atoms with van der Waals surface area (Å²) in [5.74, 6) is 0.309. The van der Waals surface area contributed by atoms with E-state index in [-0.39, 0.29) is 11.3 Å². The number of ketones is 1. The first kappa shape index (κ1) is 9.71. The zero-order valence-corrected chi connectivity index (χ0v) is 7.83. The lowest BCUT2D eigenvalue weighted by Crippen LogP contribution is -2.12. The summed E-state index contributed by atoms with van der Waals surface area (Å²) in [6.07, 6.45) is 0.472. The number of hydrogen-bond donors (Lipinski definition) is 1. The predicted molar refractivity (Wildman–Crippen MR) is 50.8 cm³/mol. The molecule has 0 saturated carbocycles. The molecule has 1 aromatic heterocycles. The van der Waals surface area contributed by atoms with Gasteiger partial charge in [0.15, 0.2) is 5.78 Å². The normalized spacial score (nSPS) is 10.4. The molecule has 0 aliphatic rings. The van der Waals surface area contributed by atoms with Crippen molar-refractivity contribution in [3.8, 4) is 0 Å². The van der Waals surface area contributed by atoms with Crippen molar-refractivity contribution in [2.75, 3.05) is 0 Å². The topological polar surface area (TPSA) is 49.9 Å². The molecule has 0 radical (unpaired) electrons. The maximum Gasteiger partial charge on any atom is 0.248 e. The second-order valence-electron chi connectivity index (χ2n) is 3.45. The first-order valence-electron chi connectivity index (χ1n) is 4.32. The van der Waals surface area contributed by atoms with Crippen molar-refractivity contribution in [1.82, 2.24) is 4.98 Å². The number of hydrogen-bond acceptors (Lipinski definition) is 2. The minimum Gasteiger partial charge on any atom is -0.319 e. The first-order valence-corrected chi connectivity index (χ1v) is 4.32. The molecule has 1 heterocycles. The van der Waals surface area contributed by atoms with Crippen molar-refractivity contribution < 1.29 is 4.79 Å². The lowest BCUT2D eigenvalue weighted by atomic mass is 10.1. The van der Waals surface area contributed by atoms with Crippen LogP contribution in [-0.2, 0) is 0 Å². The molecule has 0 spiro atoms. The molecule has 0 aliphatic heterocycles. The molecular formula is C10H13NO2. The van der Waals surface area contributed by atoms with Gasteiger partial charge >= 0.3 is 0 Å². The number of aromatic amines is 1. The van der Waals surface area contributed by atoms with E-state index in [0.29, 0.717) is 18.0 Å². The highest BCUT2D eigenvalue weighted by Crippen LogP contribution is 2.05. The Hall–Kier alpha value is -1.38. The van der Waals surface area contributed by atoms with Crippen LogP contribution >= 0.6 is 0 Å². The van der Waals surface area contributed by atoms with Gasteiger partial charge in [-0.25, -0.2) is 0 Å². The molecule has 0 aliphatic carbocycles. The van der Waals surface area contributed by atoms with Crippen LogP contribution in [0.15, 0.2) is 23.0 Å². The number of nitrogens with one attached hydrogen (secondary N) is 1. The van der Waals surface area contributed by atoms with Gasteiger partial charge in [0.05, 0.1) is 5.69 Å². The third-order valence-electron chi connectivity index (χ3n) is 1.66. The van der Waals surface area contributed by atoms with Gasteiger partial charge in [-0.2, -0.15) is 0 Å². The van der Waals surface area contributed by atoms with Crippen molar-refractivity contribution in [2.24, 2.45) is 5.92 Å². The van der Waals surface area contributed by atoms with E-state index < -0.39 is 0 Å². The van der Waals surface area contributed by atoms with Gasteiger partial charge in [-0.05, 0) is 12.0 Å². The van der Waals surface area contributed by atoms with Crippen LogP contribution in [0.5, 0.6) is 0 Å². The summed E-state index contributed by atoms with van der Waals surface area (Å²) >= 11 is 0. The third kappa shape index (κ3) is 2.86. The van der Waals surface area contributed by atoms with Crippen molar-refractivity contribution in [3.05, 3.63) is 34.2 Å². The predicted octanol–water partition coefficient (Wildman–Crippen LogP) is 1.60. The zero-order chi connectivity index (χ0) is 9.84. The molecule has 0 saturated heterocycles. The van der Waals surface area contributed by atoms with Crippen molar-refractivity contribution in [3.63, 3.8) is 0 Å². The van der Waals surface area contributed by atoms with Crippen LogP contribution in [0, 0.1) is 5.92 Å². The molecule has 0 unspecified atom stereocenters. The fraction of sp³-hybridized carbons (Fsp3) is 0.400. The zero-order valence-electron chi connectivity index (χ0n) is 7.83. The monoisotopic (exact) mass is 179 g/mol. The number of Topliss-reactive ketones (excluding diaryl/α,β-unsaturated/α-hetero) is 1. The lowest BCUT2D eigenvalue weighted by molar-refractivity contribution is 0.0962. The molecule has 1 N–H and O–H groups in total. The Morgan fingerprint density at radius 2 is 2.15 bits per heavy atom. The molecule has 1 aromatic rings. The van der Waals surface area contributed by atoms with Crippen molar-refractivity contribution >= 4 is 5.78 Å². The molecular weight excluding hydrogens is 166 g/mol. The summed E-state index contributed by atoms with van der Waals surface area (Å²) in [6, 6.07) is 4.62. The quantitative estimate of drug-likeness (QED) is 0.716. The van der Waals surface area contributed by atoms with Gasteiger partial charge in [-0.3, -0.25) is 9.59 Å². The van der Waals surface area contributed by atoms with Gasteiger partial charge in [0.25, 0.3) is 0 Å². The largest absolute Gasteiger partial charge is 0.319 e. The van der Waals surface area contributed by atoms with E-state index in [4.69, 9.17) is 0 Å². The van der Waals surface area contributed by atoms with Crippen LogP contribution in [0.25, 0.3) is 0 Å². The van der Waals surface area contributed by atoms with Crippen LogP contribution in [-0.4, -0.2) is 10.8 Å². The molecule has 0 amide bonds. The van der Waals surface area contributed by atoms with Gasteiger partial charge in [-0.15, -0.1) is 0 Å². The van der Waals surface area contributed by atoms with Gasteiger partial charge in [0.1, 0.15) is 0 Å². The molecule has 3 heteroatoms. The molecule has 1 rings (SSSR count). The smallest absolute Gasteiger partial charge is 0.248 e. The van der Waals surface area contributed by atoms with E-state index >= 15 is 0 Å². The van der Waals surface area contributed by atoms with Gasteiger partial charge in [-0.1, -0.05) is 19.9 Å². The van der Waals surface area contributed by atoms with E-state index in [9.17, 15) is 9.59 Å². The SMILES string of the molecule is CC(C)CC(=O)c1cccc(=O)[nH]1. The second kappa shape index (κ2) is 4.03. The number of rotatable bonds is 3. The van der Waals surface area contributed by atoms with Gasteiger partial charge in [0, 0.05) is 12.5 Å². The Bertz CT molecular complexity index is 352. The van der Waals surface area contributed by atoms with Crippen molar-refractivity contribution in [2.45, 2.75) is 20.3 Å². The lowest BCUT2D eigenvalue weighted by Gasteiger charge is -2.02. The fourth-order valence-corrected chi connectivity index (χ4v) is 1.09. The Morgan fingerprint density at radius 3 is 2.69 bits per heavy atom. The van der Waals surface area contributed by atoms with Crippen LogP contribution in [0.4, 0.5) is 0 Å². The van der Waals surface area contributed by atoms with E-state index in [2.05, 4.69) is 4.98 Å². The summed E-state index contributed by atoms with van der Waals surface area (Å²) in [6.45, 7) is 3.94. The maximum atomic E-state index is 11.4. The molecule has 13 heavy (non-hydrogen) atoms. The number of aromatic nitrogens is 1. The second-order valence-corrected chi connectivity index (χ2v) is 3.45. The Balaban J connectivity index is 2.83. The number of pyridine rings is 1. The maximum absolute atomic E-state index is 11.4. The molecule has 70 valence electrons. The van der Waals surface area contributed by atoms with E-state index in [1.54, 1.807) is 12.1 Å². The third-order valence-corrected chi connectivity index (χ3v) is 1.66. The number of carbonyl (C=O) groups excluding carboxylic acids is 1. The summed E-state index contributed by atoms with van der Waals surface area (Å²) in [5.41, 5.74) is 0.177. The van der Waals surface area contributed by atoms with Gasteiger partial charge < -0.3 is 4.98 Å². The van der Waals surface area contributed by atoms with Crippen LogP contribution in [0.3, 0.4) is 0 Å². The first-order chi connectivity index (χ1) is 6.09. The number of H-pyrrole nitrogens is 1. The minimum absolute atomic E-state index is 0.00676. The molecule has 0 bridgehead atoms. The van der Waals surface area contributed by atoms with E-state index in [0.717, 1.165) is 0 Å². The van der Waals surface area contributed by atoms with Crippen LogP contribution < -0.4 is 5.56 Å². The summed E-state index contributed by atoms with van der Waals surface area (Å²) in [7, 11) is 0. The molecule has 3 nitrogen and oxygen atoms in total. The van der Waals surface area contributed by atoms with Crippen molar-refractivity contribution in [1.29, 1.82) is 0 Å². The van der Waals surface area contributed by atoms with Crippen LogP contribution in [0.2, 0.25) is 0 Å². The average molecular weight is 179 g/mol. The minimum atomic E-state index is -0.227. The summed E-state index contributed by atoms with van der Waals surface area (Å²) in [5, 5.41) is 0. The summed E-state index contributed by atoms with van der Waals surface area (Å²) < 4.78 is 0.